The van der Waals surface area contributed by atoms with E-state index in [1.165, 1.54) is 19.3 Å². The number of aromatic nitrogens is 1. The Morgan fingerprint density at radius 1 is 1.26 bits per heavy atom. The third-order valence-electron chi connectivity index (χ3n) is 5.33. The molecule has 0 spiro atoms. The summed E-state index contributed by atoms with van der Waals surface area (Å²) < 4.78 is 0. The molecule has 2 aliphatic heterocycles. The number of amides is 1. The normalized spacial score (nSPS) is 25.5. The Morgan fingerprint density at radius 3 is 2.91 bits per heavy atom. The van der Waals surface area contributed by atoms with Crippen molar-refractivity contribution in [2.75, 3.05) is 24.5 Å². The lowest BCUT2D eigenvalue weighted by molar-refractivity contribution is 0.0608. The van der Waals surface area contributed by atoms with Gasteiger partial charge in [0.15, 0.2) is 0 Å². The Bertz CT molecular complexity index is 545. The molecular weight excluding hydrogens is 286 g/mol. The molecule has 3 heterocycles. The van der Waals surface area contributed by atoms with Crippen LogP contribution in [0.25, 0.3) is 0 Å². The number of carbonyl (C=O) groups excluding carboxylic acids is 1. The van der Waals surface area contributed by atoms with Crippen LogP contribution in [0.1, 0.15) is 62.7 Å². The van der Waals surface area contributed by atoms with Gasteiger partial charge in [-0.05, 0) is 56.6 Å². The number of hydrogen-bond acceptors (Lipinski definition) is 3. The van der Waals surface area contributed by atoms with Crippen LogP contribution in [-0.2, 0) is 0 Å². The maximum absolute atomic E-state index is 12.9. The zero-order valence-corrected chi connectivity index (χ0v) is 14.5. The number of nitrogens with zero attached hydrogens (tertiary/aromatic N) is 3. The average Bonchev–Trinajstić information content (AvgIpc) is 2.61. The molecule has 3 rings (SSSR count). The van der Waals surface area contributed by atoms with Crippen LogP contribution in [-0.4, -0.2) is 41.5 Å². The molecule has 2 saturated heterocycles. The van der Waals surface area contributed by atoms with E-state index in [9.17, 15) is 4.79 Å². The van der Waals surface area contributed by atoms with Gasteiger partial charge in [-0.1, -0.05) is 13.8 Å². The summed E-state index contributed by atoms with van der Waals surface area (Å²) in [4.78, 5) is 21.9. The highest BCUT2D eigenvalue weighted by Crippen LogP contribution is 2.25. The van der Waals surface area contributed by atoms with Crippen LogP contribution < -0.4 is 4.90 Å². The maximum atomic E-state index is 12.9. The first-order chi connectivity index (χ1) is 11.2. The Kier molecular flexibility index (Phi) is 5.19. The molecule has 0 aliphatic carbocycles. The fourth-order valence-corrected chi connectivity index (χ4v) is 3.98. The number of hydrogen-bond donors (Lipinski definition) is 0. The zero-order chi connectivity index (χ0) is 16.2. The van der Waals surface area contributed by atoms with Crippen LogP contribution in [0.4, 0.5) is 5.82 Å². The summed E-state index contributed by atoms with van der Waals surface area (Å²) in [6.45, 7) is 7.47. The number of carbonyl (C=O) groups is 1. The second-order valence-corrected chi connectivity index (χ2v) is 7.15. The van der Waals surface area contributed by atoms with E-state index >= 15 is 0 Å². The summed E-state index contributed by atoms with van der Waals surface area (Å²) in [6, 6.07) is 4.28. The first kappa shape index (κ1) is 16.3. The van der Waals surface area contributed by atoms with Gasteiger partial charge in [0.05, 0.1) is 0 Å². The average molecular weight is 315 g/mol. The fourth-order valence-electron chi connectivity index (χ4n) is 3.98. The predicted molar refractivity (Wildman–Crippen MR) is 93.8 cm³/mol. The van der Waals surface area contributed by atoms with Crippen molar-refractivity contribution in [2.24, 2.45) is 5.92 Å². The van der Waals surface area contributed by atoms with Gasteiger partial charge in [-0.3, -0.25) is 4.79 Å². The number of rotatable bonds is 3. The van der Waals surface area contributed by atoms with Crippen molar-refractivity contribution < 1.29 is 4.79 Å². The van der Waals surface area contributed by atoms with E-state index < -0.39 is 0 Å². The molecular formula is C19H29N3O. The van der Waals surface area contributed by atoms with Crippen molar-refractivity contribution in [2.45, 2.75) is 58.4 Å². The topological polar surface area (TPSA) is 36.4 Å². The molecule has 4 nitrogen and oxygen atoms in total. The molecule has 0 N–H and O–H groups in total. The second-order valence-electron chi connectivity index (χ2n) is 7.15. The van der Waals surface area contributed by atoms with E-state index in [0.29, 0.717) is 12.0 Å². The molecule has 1 amide bonds. The Labute approximate surface area is 139 Å². The number of pyridine rings is 1. The molecule has 0 bridgehead atoms. The largest absolute Gasteiger partial charge is 0.356 e. The van der Waals surface area contributed by atoms with Gasteiger partial charge in [0, 0.05) is 37.4 Å². The standard InChI is InChI=1S/C19H29N3O/c1-3-17-8-4-5-12-22(17)19(23)16-9-10-20-18(13-16)21-11-6-7-15(2)14-21/h9-10,13,15,17H,3-8,11-12,14H2,1-2H3. The minimum absolute atomic E-state index is 0.185. The van der Waals surface area contributed by atoms with Crippen molar-refractivity contribution in [3.05, 3.63) is 23.9 Å². The highest BCUT2D eigenvalue weighted by atomic mass is 16.2. The molecule has 2 fully saturated rings. The summed E-state index contributed by atoms with van der Waals surface area (Å²) in [5.41, 5.74) is 0.800. The van der Waals surface area contributed by atoms with Gasteiger partial charge in [-0.15, -0.1) is 0 Å². The fraction of sp³-hybridized carbons (Fsp3) is 0.684. The van der Waals surface area contributed by atoms with Crippen LogP contribution >= 0.6 is 0 Å². The van der Waals surface area contributed by atoms with Gasteiger partial charge in [-0.25, -0.2) is 4.98 Å². The van der Waals surface area contributed by atoms with Gasteiger partial charge >= 0.3 is 0 Å². The quantitative estimate of drug-likeness (QED) is 0.853. The molecule has 126 valence electrons. The monoisotopic (exact) mass is 315 g/mol. The van der Waals surface area contributed by atoms with Crippen molar-refractivity contribution in [1.82, 2.24) is 9.88 Å². The molecule has 23 heavy (non-hydrogen) atoms. The first-order valence-electron chi connectivity index (χ1n) is 9.21. The smallest absolute Gasteiger partial charge is 0.254 e. The van der Waals surface area contributed by atoms with Gasteiger partial charge in [0.25, 0.3) is 5.91 Å². The van der Waals surface area contributed by atoms with Gasteiger partial charge < -0.3 is 9.80 Å². The molecule has 2 atom stereocenters. The third-order valence-corrected chi connectivity index (χ3v) is 5.33. The first-order valence-corrected chi connectivity index (χ1v) is 9.21. The second kappa shape index (κ2) is 7.33. The summed E-state index contributed by atoms with van der Waals surface area (Å²) in [6.07, 6.45) is 8.87. The molecule has 2 aliphatic rings. The summed E-state index contributed by atoms with van der Waals surface area (Å²) in [5, 5.41) is 0. The summed E-state index contributed by atoms with van der Waals surface area (Å²) in [5.74, 6) is 1.86. The van der Waals surface area contributed by atoms with Crippen LogP contribution in [0.2, 0.25) is 0 Å². The summed E-state index contributed by atoms with van der Waals surface area (Å²) >= 11 is 0. The van der Waals surface area contributed by atoms with E-state index in [0.717, 1.165) is 50.3 Å². The van der Waals surface area contributed by atoms with Crippen molar-refractivity contribution in [3.8, 4) is 0 Å². The van der Waals surface area contributed by atoms with Crippen LogP contribution in [0.15, 0.2) is 18.3 Å². The maximum Gasteiger partial charge on any atom is 0.254 e. The minimum Gasteiger partial charge on any atom is -0.356 e. The number of anilines is 1. The van der Waals surface area contributed by atoms with E-state index in [-0.39, 0.29) is 5.91 Å². The molecule has 2 unspecified atom stereocenters. The van der Waals surface area contributed by atoms with Gasteiger partial charge in [-0.2, -0.15) is 0 Å². The molecule has 1 aromatic rings. The lowest BCUT2D eigenvalue weighted by Gasteiger charge is -2.36. The van der Waals surface area contributed by atoms with Crippen LogP contribution in [0.3, 0.4) is 0 Å². The van der Waals surface area contributed by atoms with Crippen molar-refractivity contribution in [1.29, 1.82) is 0 Å². The Morgan fingerprint density at radius 2 is 2.13 bits per heavy atom. The molecule has 0 saturated carbocycles. The van der Waals surface area contributed by atoms with Gasteiger partial charge in [0.2, 0.25) is 0 Å². The molecule has 0 radical (unpaired) electrons. The minimum atomic E-state index is 0.185. The van der Waals surface area contributed by atoms with Crippen molar-refractivity contribution >= 4 is 11.7 Å². The van der Waals surface area contributed by atoms with E-state index in [2.05, 4.69) is 28.6 Å². The van der Waals surface area contributed by atoms with E-state index in [1.807, 2.05) is 12.1 Å². The zero-order valence-electron chi connectivity index (χ0n) is 14.5. The lowest BCUT2D eigenvalue weighted by atomic mass is 9.98. The third kappa shape index (κ3) is 3.67. The van der Waals surface area contributed by atoms with Crippen molar-refractivity contribution in [3.63, 3.8) is 0 Å². The molecule has 1 aromatic heterocycles. The Hall–Kier alpha value is -1.58. The van der Waals surface area contributed by atoms with E-state index in [1.54, 1.807) is 6.20 Å². The van der Waals surface area contributed by atoms with Gasteiger partial charge in [0.1, 0.15) is 5.82 Å². The van der Waals surface area contributed by atoms with E-state index in [4.69, 9.17) is 0 Å². The molecule has 0 aromatic carbocycles. The predicted octanol–water partition coefficient (Wildman–Crippen LogP) is 3.72. The SMILES string of the molecule is CCC1CCCCN1C(=O)c1ccnc(N2CCCC(C)C2)c1. The molecule has 4 heteroatoms. The van der Waals surface area contributed by atoms with Crippen LogP contribution in [0, 0.1) is 5.92 Å². The lowest BCUT2D eigenvalue weighted by Crippen LogP contribution is -2.43. The van der Waals surface area contributed by atoms with Crippen LogP contribution in [0.5, 0.6) is 0 Å². The number of likely N-dealkylation sites (tertiary alicyclic amines) is 1. The summed E-state index contributed by atoms with van der Waals surface area (Å²) in [7, 11) is 0. The number of piperidine rings is 2. The Balaban J connectivity index is 1.77. The highest BCUT2D eigenvalue weighted by Gasteiger charge is 2.27. The highest BCUT2D eigenvalue weighted by molar-refractivity contribution is 5.95.